The van der Waals surface area contributed by atoms with Gasteiger partial charge in [-0.25, -0.2) is 4.39 Å². The molecule has 2 rings (SSSR count). The molecule has 2 aromatic rings. The lowest BCUT2D eigenvalue weighted by molar-refractivity contribution is 0.543. The van der Waals surface area contributed by atoms with Crippen molar-refractivity contribution in [2.45, 2.75) is 26.3 Å². The molecule has 0 heterocycles. The maximum absolute atomic E-state index is 14.4. The number of halogens is 3. The number of nitrogens with one attached hydrogen (secondary N) is 1. The molecule has 1 unspecified atom stereocenters. The van der Waals surface area contributed by atoms with E-state index >= 15 is 0 Å². The zero-order valence-electron chi connectivity index (χ0n) is 12.1. The summed E-state index contributed by atoms with van der Waals surface area (Å²) in [6, 6.07) is 11.4. The Morgan fingerprint density at radius 2 is 1.90 bits per heavy atom. The van der Waals surface area contributed by atoms with Gasteiger partial charge in [0.05, 0.1) is 10.5 Å². The van der Waals surface area contributed by atoms with E-state index in [9.17, 15) is 4.39 Å². The van der Waals surface area contributed by atoms with Gasteiger partial charge in [-0.3, -0.25) is 0 Å². The van der Waals surface area contributed by atoms with E-state index in [-0.39, 0.29) is 11.9 Å². The van der Waals surface area contributed by atoms with Crippen molar-refractivity contribution in [3.8, 4) is 0 Å². The first-order valence-corrected chi connectivity index (χ1v) is 8.56. The number of benzene rings is 2. The number of hydrogen-bond donors (Lipinski definition) is 1. The molecule has 0 spiro atoms. The Bertz CT molecular complexity index is 628. The highest BCUT2D eigenvalue weighted by Gasteiger charge is 2.19. The molecular formula is C17H18Br2FN. The average molecular weight is 415 g/mol. The third-order valence-electron chi connectivity index (χ3n) is 3.42. The summed E-state index contributed by atoms with van der Waals surface area (Å²) in [7, 11) is 0. The summed E-state index contributed by atoms with van der Waals surface area (Å²) >= 11 is 6.83. The van der Waals surface area contributed by atoms with Crippen LogP contribution in [0.1, 0.15) is 36.1 Å². The molecule has 0 radical (unpaired) electrons. The zero-order valence-corrected chi connectivity index (χ0v) is 15.3. The molecule has 1 nitrogen and oxygen atoms in total. The highest BCUT2D eigenvalue weighted by molar-refractivity contribution is 9.10. The van der Waals surface area contributed by atoms with Crippen molar-refractivity contribution in [2.75, 3.05) is 6.54 Å². The minimum Gasteiger partial charge on any atom is -0.306 e. The lowest BCUT2D eigenvalue weighted by Crippen LogP contribution is -2.24. The van der Waals surface area contributed by atoms with E-state index in [0.717, 1.165) is 23.0 Å². The molecule has 0 aliphatic carbocycles. The van der Waals surface area contributed by atoms with Crippen LogP contribution in [0.25, 0.3) is 0 Å². The Hall–Kier alpha value is -0.710. The van der Waals surface area contributed by atoms with E-state index in [1.165, 1.54) is 5.56 Å². The monoisotopic (exact) mass is 413 g/mol. The molecule has 0 aliphatic heterocycles. The quantitative estimate of drug-likeness (QED) is 0.656. The normalized spacial score (nSPS) is 12.4. The molecule has 112 valence electrons. The third-order valence-corrected chi connectivity index (χ3v) is 4.89. The fourth-order valence-electron chi connectivity index (χ4n) is 2.23. The van der Waals surface area contributed by atoms with Gasteiger partial charge in [-0.15, -0.1) is 0 Å². The van der Waals surface area contributed by atoms with Crippen molar-refractivity contribution < 1.29 is 4.39 Å². The van der Waals surface area contributed by atoms with Crippen LogP contribution < -0.4 is 5.32 Å². The van der Waals surface area contributed by atoms with Gasteiger partial charge in [0.25, 0.3) is 0 Å². The van der Waals surface area contributed by atoms with Crippen LogP contribution in [0.15, 0.2) is 45.3 Å². The second-order valence-corrected chi connectivity index (χ2v) is 6.75. The first kappa shape index (κ1) is 16.7. The minimum atomic E-state index is -0.206. The van der Waals surface area contributed by atoms with Gasteiger partial charge in [0, 0.05) is 10.0 Å². The van der Waals surface area contributed by atoms with E-state index in [0.29, 0.717) is 10.0 Å². The van der Waals surface area contributed by atoms with Crippen LogP contribution in [0.5, 0.6) is 0 Å². The molecule has 4 heteroatoms. The van der Waals surface area contributed by atoms with Crippen LogP contribution in [-0.4, -0.2) is 6.54 Å². The average Bonchev–Trinajstić information content (AvgIpc) is 2.47. The van der Waals surface area contributed by atoms with Crippen molar-refractivity contribution in [1.29, 1.82) is 0 Å². The van der Waals surface area contributed by atoms with Crippen molar-refractivity contribution in [3.05, 3.63) is 67.9 Å². The fraction of sp³-hybridized carbons (Fsp3) is 0.294. The molecule has 1 atom stereocenters. The molecule has 0 aliphatic rings. The predicted octanol–water partition coefficient (Wildman–Crippen LogP) is 5.75. The molecule has 1 N–H and O–H groups in total. The fourth-order valence-corrected chi connectivity index (χ4v) is 3.01. The van der Waals surface area contributed by atoms with Crippen LogP contribution in [0.4, 0.5) is 4.39 Å². The molecule has 21 heavy (non-hydrogen) atoms. The van der Waals surface area contributed by atoms with Crippen molar-refractivity contribution in [1.82, 2.24) is 5.32 Å². The standard InChI is InChI=1S/C17H18Br2FN/c1-3-9-21-17(12-8-7-11(2)15(19)10-12)13-5-4-6-14(18)16(13)20/h4-8,10,17,21H,3,9H2,1-2H3. The first-order valence-electron chi connectivity index (χ1n) is 6.98. The molecule has 0 saturated heterocycles. The Labute approximate surface area is 142 Å². The molecule has 0 fully saturated rings. The summed E-state index contributed by atoms with van der Waals surface area (Å²) in [4.78, 5) is 0. The van der Waals surface area contributed by atoms with Gasteiger partial charge >= 0.3 is 0 Å². The van der Waals surface area contributed by atoms with Crippen molar-refractivity contribution >= 4 is 31.9 Å². The number of hydrogen-bond acceptors (Lipinski definition) is 1. The summed E-state index contributed by atoms with van der Waals surface area (Å²) < 4.78 is 16.0. The van der Waals surface area contributed by atoms with Gasteiger partial charge in [0.15, 0.2) is 0 Å². The predicted molar refractivity (Wildman–Crippen MR) is 93.1 cm³/mol. The zero-order chi connectivity index (χ0) is 15.4. The Morgan fingerprint density at radius 3 is 2.57 bits per heavy atom. The van der Waals surface area contributed by atoms with Gasteiger partial charge < -0.3 is 5.32 Å². The van der Waals surface area contributed by atoms with Crippen LogP contribution >= 0.6 is 31.9 Å². The Morgan fingerprint density at radius 1 is 1.14 bits per heavy atom. The molecule has 0 bridgehead atoms. The highest BCUT2D eigenvalue weighted by atomic mass is 79.9. The topological polar surface area (TPSA) is 12.0 Å². The molecular weight excluding hydrogens is 397 g/mol. The van der Waals surface area contributed by atoms with Crippen LogP contribution in [0.2, 0.25) is 0 Å². The minimum absolute atomic E-state index is 0.153. The van der Waals surface area contributed by atoms with Gasteiger partial charge in [-0.05, 0) is 59.1 Å². The van der Waals surface area contributed by atoms with Gasteiger partial charge in [0.1, 0.15) is 5.82 Å². The van der Waals surface area contributed by atoms with Crippen LogP contribution in [-0.2, 0) is 0 Å². The van der Waals surface area contributed by atoms with E-state index in [1.54, 1.807) is 6.07 Å². The number of rotatable bonds is 5. The van der Waals surface area contributed by atoms with Gasteiger partial charge in [-0.2, -0.15) is 0 Å². The summed E-state index contributed by atoms with van der Waals surface area (Å²) in [5.41, 5.74) is 2.88. The van der Waals surface area contributed by atoms with Crippen molar-refractivity contribution in [2.24, 2.45) is 0 Å². The Balaban J connectivity index is 2.47. The SMILES string of the molecule is CCCNC(c1ccc(C)c(Br)c1)c1cccc(Br)c1F. The largest absolute Gasteiger partial charge is 0.306 e. The summed E-state index contributed by atoms with van der Waals surface area (Å²) in [5.74, 6) is -0.206. The lowest BCUT2D eigenvalue weighted by Gasteiger charge is -2.21. The highest BCUT2D eigenvalue weighted by Crippen LogP contribution is 2.30. The van der Waals surface area contributed by atoms with Gasteiger partial charge in [-0.1, -0.05) is 47.1 Å². The Kier molecular flexibility index (Phi) is 5.97. The maximum atomic E-state index is 14.4. The molecule has 0 aromatic heterocycles. The van der Waals surface area contributed by atoms with Crippen LogP contribution in [0.3, 0.4) is 0 Å². The maximum Gasteiger partial charge on any atom is 0.142 e. The summed E-state index contributed by atoms with van der Waals surface area (Å²) in [6.07, 6.45) is 0.999. The van der Waals surface area contributed by atoms with E-state index in [2.05, 4.69) is 56.2 Å². The number of aryl methyl sites for hydroxylation is 1. The van der Waals surface area contributed by atoms with E-state index in [4.69, 9.17) is 0 Å². The van der Waals surface area contributed by atoms with E-state index in [1.807, 2.05) is 25.1 Å². The van der Waals surface area contributed by atoms with Crippen LogP contribution in [0, 0.1) is 12.7 Å². The first-order chi connectivity index (χ1) is 10.0. The van der Waals surface area contributed by atoms with Crippen molar-refractivity contribution in [3.63, 3.8) is 0 Å². The summed E-state index contributed by atoms with van der Waals surface area (Å²) in [6.45, 7) is 4.98. The lowest BCUT2D eigenvalue weighted by atomic mass is 9.97. The third kappa shape index (κ3) is 3.93. The molecule has 0 saturated carbocycles. The second kappa shape index (κ2) is 7.52. The smallest absolute Gasteiger partial charge is 0.142 e. The molecule has 2 aromatic carbocycles. The van der Waals surface area contributed by atoms with E-state index < -0.39 is 0 Å². The summed E-state index contributed by atoms with van der Waals surface area (Å²) in [5, 5.41) is 3.44. The second-order valence-electron chi connectivity index (χ2n) is 5.04. The molecule has 0 amide bonds. The van der Waals surface area contributed by atoms with Gasteiger partial charge in [0.2, 0.25) is 0 Å².